The topological polar surface area (TPSA) is 88.4 Å². The fraction of sp³-hybridized carbons (Fsp3) is 0.240. The number of para-hydroxylation sites is 1. The molecule has 1 saturated heterocycles. The molecule has 1 aliphatic rings. The van der Waals surface area contributed by atoms with Gasteiger partial charge in [-0.1, -0.05) is 29.5 Å². The van der Waals surface area contributed by atoms with Crippen molar-refractivity contribution in [1.29, 1.82) is 0 Å². The summed E-state index contributed by atoms with van der Waals surface area (Å²) in [5.41, 5.74) is 3.57. The highest BCUT2D eigenvalue weighted by Crippen LogP contribution is 2.30. The summed E-state index contributed by atoms with van der Waals surface area (Å²) >= 11 is 1.45. The molecule has 34 heavy (non-hydrogen) atoms. The Morgan fingerprint density at radius 2 is 1.79 bits per heavy atom. The van der Waals surface area contributed by atoms with Gasteiger partial charge < -0.3 is 0 Å². The second-order valence-electron chi connectivity index (χ2n) is 8.24. The fourth-order valence-corrected chi connectivity index (χ4v) is 5.14. The van der Waals surface area contributed by atoms with Gasteiger partial charge in [0.15, 0.2) is 5.13 Å². The van der Waals surface area contributed by atoms with Gasteiger partial charge in [0.1, 0.15) is 0 Å². The molecule has 3 amide bonds. The van der Waals surface area contributed by atoms with Crippen LogP contribution in [0.1, 0.15) is 34.6 Å². The van der Waals surface area contributed by atoms with Crippen molar-refractivity contribution in [1.82, 2.24) is 14.8 Å². The summed E-state index contributed by atoms with van der Waals surface area (Å²) < 4.78 is 2.87. The molecule has 2 aromatic carbocycles. The summed E-state index contributed by atoms with van der Waals surface area (Å²) in [6.07, 6.45) is 0.384. The first-order valence-electron chi connectivity index (χ1n) is 11.0. The van der Waals surface area contributed by atoms with Crippen molar-refractivity contribution in [3.8, 4) is 0 Å². The zero-order valence-electron chi connectivity index (χ0n) is 18.9. The number of carbonyl (C=O) groups is 3. The monoisotopic (exact) mass is 473 g/mol. The largest absolute Gasteiger partial charge is 0.282 e. The standard InChI is InChI=1S/C25H23N5O3S/c1-16-14-17(2)29(27-16)13-12-28(25-26-20-8-3-4-9-21(20)34-25)24(33)18-6-5-7-19(15-18)30-22(31)10-11-23(30)32/h3-9,14-15H,10-13H2,1-2H3. The third-order valence-electron chi connectivity index (χ3n) is 5.80. The normalized spacial score (nSPS) is 13.8. The van der Waals surface area contributed by atoms with Crippen LogP contribution in [0.4, 0.5) is 10.8 Å². The number of anilines is 2. The molecule has 3 heterocycles. The van der Waals surface area contributed by atoms with Crippen LogP contribution >= 0.6 is 11.3 Å². The third-order valence-corrected chi connectivity index (χ3v) is 6.86. The molecule has 9 heteroatoms. The van der Waals surface area contributed by atoms with Crippen LogP contribution in [0.5, 0.6) is 0 Å². The Balaban J connectivity index is 1.49. The van der Waals surface area contributed by atoms with Crippen molar-refractivity contribution < 1.29 is 14.4 Å². The fourth-order valence-electron chi connectivity index (χ4n) is 4.15. The first-order valence-corrected chi connectivity index (χ1v) is 11.9. The van der Waals surface area contributed by atoms with Gasteiger partial charge in [-0.15, -0.1) is 0 Å². The Morgan fingerprint density at radius 3 is 2.50 bits per heavy atom. The van der Waals surface area contributed by atoms with Gasteiger partial charge in [-0.05, 0) is 50.2 Å². The minimum atomic E-state index is -0.249. The van der Waals surface area contributed by atoms with Gasteiger partial charge in [0.2, 0.25) is 11.8 Å². The molecule has 4 aromatic rings. The quantitative estimate of drug-likeness (QED) is 0.393. The molecular formula is C25H23N5O3S. The number of aromatic nitrogens is 3. The highest BCUT2D eigenvalue weighted by molar-refractivity contribution is 7.22. The minimum Gasteiger partial charge on any atom is -0.282 e. The molecule has 1 fully saturated rings. The molecule has 172 valence electrons. The SMILES string of the molecule is Cc1cc(C)n(CCN(C(=O)c2cccc(N3C(=O)CCC3=O)c2)c2nc3ccccc3s2)n1. The number of nitrogens with zero attached hydrogens (tertiary/aromatic N) is 5. The molecule has 0 radical (unpaired) electrons. The summed E-state index contributed by atoms with van der Waals surface area (Å²) in [7, 11) is 0. The van der Waals surface area contributed by atoms with E-state index in [1.165, 1.54) is 11.3 Å². The number of amides is 3. The van der Waals surface area contributed by atoms with Crippen molar-refractivity contribution in [3.05, 3.63) is 71.5 Å². The summed E-state index contributed by atoms with van der Waals surface area (Å²) in [5, 5.41) is 5.10. The maximum atomic E-state index is 13.7. The van der Waals surface area contributed by atoms with Gasteiger partial charge in [-0.2, -0.15) is 5.10 Å². The number of hydrogen-bond acceptors (Lipinski definition) is 6. The van der Waals surface area contributed by atoms with Crippen LogP contribution in [0.2, 0.25) is 0 Å². The number of aryl methyl sites for hydroxylation is 2. The maximum Gasteiger partial charge on any atom is 0.260 e. The van der Waals surface area contributed by atoms with Crippen molar-refractivity contribution in [2.45, 2.75) is 33.2 Å². The van der Waals surface area contributed by atoms with Gasteiger partial charge >= 0.3 is 0 Å². The van der Waals surface area contributed by atoms with Gasteiger partial charge in [0, 0.05) is 30.6 Å². The summed E-state index contributed by atoms with van der Waals surface area (Å²) in [6.45, 7) is 4.79. The molecule has 0 atom stereocenters. The lowest BCUT2D eigenvalue weighted by atomic mass is 10.1. The van der Waals surface area contributed by atoms with E-state index in [1.807, 2.05) is 48.9 Å². The van der Waals surface area contributed by atoms with Crippen LogP contribution in [-0.4, -0.2) is 39.0 Å². The number of carbonyl (C=O) groups excluding carboxylic acids is 3. The first-order chi connectivity index (χ1) is 16.4. The lowest BCUT2D eigenvalue weighted by Gasteiger charge is -2.21. The third kappa shape index (κ3) is 4.10. The number of fused-ring (bicyclic) bond motifs is 1. The Bertz CT molecular complexity index is 1370. The van der Waals surface area contributed by atoms with E-state index < -0.39 is 0 Å². The van der Waals surface area contributed by atoms with E-state index >= 15 is 0 Å². The molecule has 0 saturated carbocycles. The number of thiazole rings is 1. The van der Waals surface area contributed by atoms with Gasteiger partial charge in [0.05, 0.1) is 28.1 Å². The van der Waals surface area contributed by atoms with Crippen LogP contribution in [-0.2, 0) is 16.1 Å². The Kier molecular flexibility index (Phi) is 5.70. The lowest BCUT2D eigenvalue weighted by molar-refractivity contribution is -0.121. The van der Waals surface area contributed by atoms with Crippen molar-refractivity contribution in [2.24, 2.45) is 0 Å². The molecule has 0 bridgehead atoms. The molecule has 0 unspecified atom stereocenters. The van der Waals surface area contributed by atoms with Crippen molar-refractivity contribution in [3.63, 3.8) is 0 Å². The van der Waals surface area contributed by atoms with Gasteiger partial charge in [-0.3, -0.25) is 28.9 Å². The van der Waals surface area contributed by atoms with Crippen LogP contribution < -0.4 is 9.80 Å². The predicted octanol–water partition coefficient (Wildman–Crippen LogP) is 4.11. The Hall–Kier alpha value is -3.85. The number of rotatable bonds is 6. The second-order valence-corrected chi connectivity index (χ2v) is 9.25. The molecule has 8 nitrogen and oxygen atoms in total. The van der Waals surface area contributed by atoms with Crippen molar-refractivity contribution in [2.75, 3.05) is 16.3 Å². The number of hydrogen-bond donors (Lipinski definition) is 0. The van der Waals surface area contributed by atoms with Gasteiger partial charge in [-0.25, -0.2) is 4.98 Å². The molecule has 0 aliphatic carbocycles. The van der Waals surface area contributed by atoms with E-state index in [-0.39, 0.29) is 30.6 Å². The predicted molar refractivity (Wildman–Crippen MR) is 131 cm³/mol. The zero-order chi connectivity index (χ0) is 23.8. The minimum absolute atomic E-state index is 0.192. The Labute approximate surface area is 200 Å². The number of benzene rings is 2. The molecule has 5 rings (SSSR count). The summed E-state index contributed by atoms with van der Waals surface area (Å²) in [5.74, 6) is -0.745. The molecule has 1 aliphatic heterocycles. The van der Waals surface area contributed by atoms with E-state index in [4.69, 9.17) is 4.98 Å². The van der Waals surface area contributed by atoms with Crippen LogP contribution in [0, 0.1) is 13.8 Å². The van der Waals surface area contributed by atoms with Crippen molar-refractivity contribution >= 4 is 50.1 Å². The Morgan fingerprint density at radius 1 is 1.03 bits per heavy atom. The van der Waals surface area contributed by atoms with E-state index in [9.17, 15) is 14.4 Å². The summed E-state index contributed by atoms with van der Waals surface area (Å²) in [6, 6.07) is 16.4. The van der Waals surface area contributed by atoms with E-state index in [1.54, 1.807) is 29.2 Å². The highest BCUT2D eigenvalue weighted by Gasteiger charge is 2.31. The van der Waals surface area contributed by atoms with Crippen LogP contribution in [0.3, 0.4) is 0 Å². The van der Waals surface area contributed by atoms with Crippen LogP contribution in [0.15, 0.2) is 54.6 Å². The lowest BCUT2D eigenvalue weighted by Crippen LogP contribution is -2.34. The molecule has 0 N–H and O–H groups in total. The van der Waals surface area contributed by atoms with Gasteiger partial charge in [0.25, 0.3) is 5.91 Å². The second kappa shape index (κ2) is 8.83. The first kappa shape index (κ1) is 22.0. The van der Waals surface area contributed by atoms with E-state index in [0.717, 1.165) is 26.5 Å². The average molecular weight is 474 g/mol. The highest BCUT2D eigenvalue weighted by atomic mass is 32.1. The summed E-state index contributed by atoms with van der Waals surface area (Å²) in [4.78, 5) is 45.7. The molecule has 2 aromatic heterocycles. The smallest absolute Gasteiger partial charge is 0.260 e. The van der Waals surface area contributed by atoms with E-state index in [0.29, 0.717) is 29.5 Å². The molecular weight excluding hydrogens is 450 g/mol. The zero-order valence-corrected chi connectivity index (χ0v) is 19.7. The molecule has 0 spiro atoms. The average Bonchev–Trinajstić information content (AvgIpc) is 3.50. The number of imide groups is 1. The maximum absolute atomic E-state index is 13.7. The van der Waals surface area contributed by atoms with Crippen LogP contribution in [0.25, 0.3) is 10.2 Å². The van der Waals surface area contributed by atoms with E-state index in [2.05, 4.69) is 5.10 Å².